The third-order valence-electron chi connectivity index (χ3n) is 5.69. The van der Waals surface area contributed by atoms with E-state index in [1.807, 2.05) is 58.1 Å². The van der Waals surface area contributed by atoms with Gasteiger partial charge < -0.3 is 9.80 Å². The predicted octanol–water partition coefficient (Wildman–Crippen LogP) is 4.24. The summed E-state index contributed by atoms with van der Waals surface area (Å²) in [5.41, 5.74) is 2.13. The van der Waals surface area contributed by atoms with Gasteiger partial charge in [-0.1, -0.05) is 47.6 Å². The van der Waals surface area contributed by atoms with E-state index < -0.39 is 0 Å². The minimum absolute atomic E-state index is 0.139. The van der Waals surface area contributed by atoms with Crippen LogP contribution in [0.5, 0.6) is 0 Å². The minimum atomic E-state index is 0.139. The number of rotatable bonds is 6. The Kier molecular flexibility index (Phi) is 5.87. The highest BCUT2D eigenvalue weighted by molar-refractivity contribution is 7.99. The van der Waals surface area contributed by atoms with E-state index in [1.54, 1.807) is 0 Å². The number of aromatic nitrogens is 3. The zero-order valence-corrected chi connectivity index (χ0v) is 18.7. The molecule has 0 atom stereocenters. The molecule has 2 fully saturated rings. The van der Waals surface area contributed by atoms with Crippen molar-refractivity contribution in [3.05, 3.63) is 65.4 Å². The maximum absolute atomic E-state index is 12.8. The Morgan fingerprint density at radius 2 is 1.74 bits per heavy atom. The molecule has 160 valence electrons. The standard InChI is InChI=1S/C23H24ClN5OS/c24-18-5-4-8-20(15-18)27-11-13-28(14-12-27)21(30)16-31-23-25-22(17-9-10-17)29(26-23)19-6-2-1-3-7-19/h1-8,15,17H,9-14,16H2. The first-order chi connectivity index (χ1) is 15.2. The number of hydrogen-bond acceptors (Lipinski definition) is 5. The average Bonchev–Trinajstić information content (AvgIpc) is 3.57. The average molecular weight is 454 g/mol. The Morgan fingerprint density at radius 1 is 1.00 bits per heavy atom. The van der Waals surface area contributed by atoms with Crippen molar-refractivity contribution in [3.8, 4) is 5.69 Å². The largest absolute Gasteiger partial charge is 0.368 e. The van der Waals surface area contributed by atoms with Gasteiger partial charge in [0.15, 0.2) is 0 Å². The number of halogens is 1. The summed E-state index contributed by atoms with van der Waals surface area (Å²) in [7, 11) is 0. The van der Waals surface area contributed by atoms with Crippen molar-refractivity contribution in [1.29, 1.82) is 0 Å². The quantitative estimate of drug-likeness (QED) is 0.522. The minimum Gasteiger partial charge on any atom is -0.368 e. The SMILES string of the molecule is O=C(CSc1nc(C2CC2)n(-c2ccccc2)n1)N1CCN(c2cccc(Cl)c2)CC1. The molecule has 31 heavy (non-hydrogen) atoms. The van der Waals surface area contributed by atoms with Crippen LogP contribution < -0.4 is 4.90 Å². The van der Waals surface area contributed by atoms with Crippen LogP contribution in [0.2, 0.25) is 5.02 Å². The topological polar surface area (TPSA) is 54.3 Å². The third-order valence-corrected chi connectivity index (χ3v) is 6.74. The van der Waals surface area contributed by atoms with Gasteiger partial charge in [-0.25, -0.2) is 9.67 Å². The summed E-state index contributed by atoms with van der Waals surface area (Å²) in [6.07, 6.45) is 2.32. The van der Waals surface area contributed by atoms with Crippen molar-refractivity contribution in [1.82, 2.24) is 19.7 Å². The zero-order chi connectivity index (χ0) is 21.2. The van der Waals surface area contributed by atoms with Crippen LogP contribution in [0.15, 0.2) is 59.8 Å². The van der Waals surface area contributed by atoms with Gasteiger partial charge in [0.05, 0.1) is 11.4 Å². The van der Waals surface area contributed by atoms with Crippen LogP contribution >= 0.6 is 23.4 Å². The summed E-state index contributed by atoms with van der Waals surface area (Å²) in [5, 5.41) is 6.11. The molecule has 5 rings (SSSR count). The lowest BCUT2D eigenvalue weighted by molar-refractivity contribution is -0.128. The van der Waals surface area contributed by atoms with Gasteiger partial charge in [0.2, 0.25) is 11.1 Å². The van der Waals surface area contributed by atoms with Gasteiger partial charge in [0.25, 0.3) is 0 Å². The number of para-hydroxylation sites is 1. The fourth-order valence-electron chi connectivity index (χ4n) is 3.84. The summed E-state index contributed by atoms with van der Waals surface area (Å²) < 4.78 is 1.94. The molecule has 6 nitrogen and oxygen atoms in total. The van der Waals surface area contributed by atoms with Gasteiger partial charge in [0.1, 0.15) is 5.82 Å². The number of benzene rings is 2. The second-order valence-electron chi connectivity index (χ2n) is 7.91. The normalized spacial score (nSPS) is 16.5. The monoisotopic (exact) mass is 453 g/mol. The molecule has 3 aromatic rings. The summed E-state index contributed by atoms with van der Waals surface area (Å²) in [6.45, 7) is 3.04. The zero-order valence-electron chi connectivity index (χ0n) is 17.2. The van der Waals surface area contributed by atoms with Crippen molar-refractivity contribution in [2.75, 3.05) is 36.8 Å². The van der Waals surface area contributed by atoms with Crippen LogP contribution in [0, 0.1) is 0 Å². The van der Waals surface area contributed by atoms with E-state index >= 15 is 0 Å². The van der Waals surface area contributed by atoms with Gasteiger partial charge in [-0.05, 0) is 43.2 Å². The fourth-order valence-corrected chi connectivity index (χ4v) is 4.75. The summed E-state index contributed by atoms with van der Waals surface area (Å²) in [6, 6.07) is 18.0. The van der Waals surface area contributed by atoms with Crippen LogP contribution in [0.1, 0.15) is 24.6 Å². The number of hydrogen-bond donors (Lipinski definition) is 0. The van der Waals surface area contributed by atoms with Crippen molar-refractivity contribution in [3.63, 3.8) is 0 Å². The van der Waals surface area contributed by atoms with Crippen LogP contribution in [0.3, 0.4) is 0 Å². The lowest BCUT2D eigenvalue weighted by atomic mass is 10.2. The molecule has 2 aliphatic rings. The molecule has 2 aromatic carbocycles. The van der Waals surface area contributed by atoms with Crippen LogP contribution in [-0.4, -0.2) is 57.5 Å². The number of carbonyl (C=O) groups is 1. The van der Waals surface area contributed by atoms with Gasteiger partial charge in [0, 0.05) is 42.8 Å². The van der Waals surface area contributed by atoms with E-state index in [-0.39, 0.29) is 5.91 Å². The van der Waals surface area contributed by atoms with E-state index in [4.69, 9.17) is 21.7 Å². The molecule has 1 aromatic heterocycles. The number of amides is 1. The van der Waals surface area contributed by atoms with Gasteiger partial charge in [-0.2, -0.15) is 0 Å². The van der Waals surface area contributed by atoms with Crippen molar-refractivity contribution >= 4 is 35.0 Å². The van der Waals surface area contributed by atoms with Crippen LogP contribution in [0.25, 0.3) is 5.69 Å². The first-order valence-corrected chi connectivity index (χ1v) is 12.0. The first-order valence-electron chi connectivity index (χ1n) is 10.6. The summed E-state index contributed by atoms with van der Waals surface area (Å²) in [5.74, 6) is 1.99. The number of piperazine rings is 1. The highest BCUT2D eigenvalue weighted by Crippen LogP contribution is 2.40. The van der Waals surface area contributed by atoms with Gasteiger partial charge in [-0.3, -0.25) is 4.79 Å². The van der Waals surface area contributed by atoms with Crippen LogP contribution in [0.4, 0.5) is 5.69 Å². The van der Waals surface area contributed by atoms with Crippen molar-refractivity contribution in [2.45, 2.75) is 23.9 Å². The lowest BCUT2D eigenvalue weighted by Gasteiger charge is -2.36. The van der Waals surface area contributed by atoms with Gasteiger partial charge >= 0.3 is 0 Å². The molecule has 1 aliphatic heterocycles. The molecule has 0 N–H and O–H groups in total. The first kappa shape index (κ1) is 20.4. The molecule has 0 spiro atoms. The Morgan fingerprint density at radius 3 is 2.45 bits per heavy atom. The van der Waals surface area contributed by atoms with Crippen molar-refractivity contribution < 1.29 is 4.79 Å². The molecular formula is C23H24ClN5OS. The third kappa shape index (κ3) is 4.72. The molecule has 1 aliphatic carbocycles. The molecule has 0 radical (unpaired) electrons. The number of nitrogens with zero attached hydrogens (tertiary/aromatic N) is 5. The second-order valence-corrected chi connectivity index (χ2v) is 9.29. The number of anilines is 1. The summed E-state index contributed by atoms with van der Waals surface area (Å²) >= 11 is 7.54. The van der Waals surface area contributed by atoms with E-state index in [9.17, 15) is 4.79 Å². The highest BCUT2D eigenvalue weighted by Gasteiger charge is 2.31. The smallest absolute Gasteiger partial charge is 0.233 e. The predicted molar refractivity (Wildman–Crippen MR) is 124 cm³/mol. The Balaban J connectivity index is 1.19. The van der Waals surface area contributed by atoms with Crippen molar-refractivity contribution in [2.24, 2.45) is 0 Å². The Bertz CT molecular complexity index is 1060. The van der Waals surface area contributed by atoms with Gasteiger partial charge in [-0.15, -0.1) is 5.10 Å². The molecule has 1 saturated carbocycles. The second kappa shape index (κ2) is 8.93. The number of carbonyl (C=O) groups excluding carboxylic acids is 1. The van der Waals surface area contributed by atoms with E-state index in [0.717, 1.165) is 48.2 Å². The number of thioether (sulfide) groups is 1. The van der Waals surface area contributed by atoms with E-state index in [0.29, 0.717) is 29.9 Å². The molecule has 1 amide bonds. The molecule has 8 heteroatoms. The summed E-state index contributed by atoms with van der Waals surface area (Å²) in [4.78, 5) is 21.7. The lowest BCUT2D eigenvalue weighted by Crippen LogP contribution is -2.49. The van der Waals surface area contributed by atoms with E-state index in [1.165, 1.54) is 11.8 Å². The maximum Gasteiger partial charge on any atom is 0.233 e. The maximum atomic E-state index is 12.8. The fraction of sp³-hybridized carbons (Fsp3) is 0.348. The Hall–Kier alpha value is -2.51. The molecule has 0 unspecified atom stereocenters. The molecular weight excluding hydrogens is 430 g/mol. The Labute approximate surface area is 191 Å². The highest BCUT2D eigenvalue weighted by atomic mass is 35.5. The molecule has 0 bridgehead atoms. The van der Waals surface area contributed by atoms with Crippen LogP contribution in [-0.2, 0) is 4.79 Å². The van der Waals surface area contributed by atoms with E-state index in [2.05, 4.69) is 11.0 Å². The molecule has 1 saturated heterocycles. The molecule has 2 heterocycles.